The van der Waals surface area contributed by atoms with E-state index in [1.807, 2.05) is 0 Å². The highest BCUT2D eigenvalue weighted by Crippen LogP contribution is 2.22. The monoisotopic (exact) mass is 360 g/mol. The molecule has 1 aromatic rings. The van der Waals surface area contributed by atoms with Crippen LogP contribution < -0.4 is 10.6 Å². The van der Waals surface area contributed by atoms with Crippen molar-refractivity contribution in [3.63, 3.8) is 0 Å². The molecule has 0 unspecified atom stereocenters. The van der Waals surface area contributed by atoms with Gasteiger partial charge in [-0.25, -0.2) is 0 Å². The molecule has 1 atom stereocenters. The first-order valence-corrected chi connectivity index (χ1v) is 7.75. The average Bonchev–Trinajstić information content (AvgIpc) is 2.49. The lowest BCUT2D eigenvalue weighted by Gasteiger charge is -2.13. The van der Waals surface area contributed by atoms with Crippen LogP contribution in [0.3, 0.4) is 0 Å². The van der Waals surface area contributed by atoms with Crippen LogP contribution in [0.15, 0.2) is 18.2 Å². The molecule has 6 nitrogen and oxygen atoms in total. The van der Waals surface area contributed by atoms with E-state index >= 15 is 0 Å². The summed E-state index contributed by atoms with van der Waals surface area (Å²) >= 11 is 11.6. The standard InChI is InChI=1S/C15H18Cl2N2O4/c1-3-18-15(22)9(2)19-13(20)8-23-14(21)7-10-4-5-11(16)12(17)6-10/h4-6,9H,3,7-8H2,1-2H3,(H,18,22)(H,19,20)/t9-/m0/s1. The molecule has 0 fully saturated rings. The lowest BCUT2D eigenvalue weighted by atomic mass is 10.1. The Kier molecular flexibility index (Phi) is 7.85. The van der Waals surface area contributed by atoms with E-state index in [9.17, 15) is 14.4 Å². The number of hydrogen-bond acceptors (Lipinski definition) is 4. The number of hydrogen-bond donors (Lipinski definition) is 2. The van der Waals surface area contributed by atoms with Crippen LogP contribution in [0.5, 0.6) is 0 Å². The maximum Gasteiger partial charge on any atom is 0.310 e. The van der Waals surface area contributed by atoms with Crippen LogP contribution in [0.2, 0.25) is 10.0 Å². The van der Waals surface area contributed by atoms with Gasteiger partial charge in [0.2, 0.25) is 5.91 Å². The smallest absolute Gasteiger partial charge is 0.310 e. The summed E-state index contributed by atoms with van der Waals surface area (Å²) in [7, 11) is 0. The van der Waals surface area contributed by atoms with Crippen molar-refractivity contribution in [2.24, 2.45) is 0 Å². The summed E-state index contributed by atoms with van der Waals surface area (Å²) in [6.45, 7) is 3.33. The summed E-state index contributed by atoms with van der Waals surface area (Å²) < 4.78 is 4.86. The number of benzene rings is 1. The van der Waals surface area contributed by atoms with Gasteiger partial charge >= 0.3 is 5.97 Å². The molecule has 0 spiro atoms. The molecule has 8 heteroatoms. The number of rotatable bonds is 7. The Bertz CT molecular complexity index is 593. The second-order valence-corrected chi connectivity index (χ2v) is 5.58. The van der Waals surface area contributed by atoms with Crippen molar-refractivity contribution < 1.29 is 19.1 Å². The van der Waals surface area contributed by atoms with Gasteiger partial charge in [0.25, 0.3) is 5.91 Å². The lowest BCUT2D eigenvalue weighted by Crippen LogP contribution is -2.46. The zero-order valence-corrected chi connectivity index (χ0v) is 14.3. The van der Waals surface area contributed by atoms with Gasteiger partial charge < -0.3 is 15.4 Å². The number of esters is 1. The first kappa shape index (κ1) is 19.3. The minimum absolute atomic E-state index is 0.0317. The molecule has 126 valence electrons. The summed E-state index contributed by atoms with van der Waals surface area (Å²) in [6.07, 6.45) is -0.0317. The molecule has 0 saturated carbocycles. The predicted octanol–water partition coefficient (Wildman–Crippen LogP) is 1.72. The zero-order valence-electron chi connectivity index (χ0n) is 12.8. The van der Waals surface area contributed by atoms with Crippen molar-refractivity contribution in [1.82, 2.24) is 10.6 Å². The van der Waals surface area contributed by atoms with E-state index in [1.54, 1.807) is 32.0 Å². The molecule has 0 aliphatic rings. The number of ether oxygens (including phenoxy) is 1. The number of halogens is 2. The molecule has 0 aromatic heterocycles. The van der Waals surface area contributed by atoms with Crippen LogP contribution in [0, 0.1) is 0 Å². The Morgan fingerprint density at radius 1 is 1.22 bits per heavy atom. The molecule has 2 N–H and O–H groups in total. The topological polar surface area (TPSA) is 84.5 Å². The summed E-state index contributed by atoms with van der Waals surface area (Å²) in [5.74, 6) is -1.43. The Morgan fingerprint density at radius 3 is 2.52 bits per heavy atom. The van der Waals surface area contributed by atoms with E-state index in [0.717, 1.165) is 0 Å². The fourth-order valence-corrected chi connectivity index (χ4v) is 2.01. The molecule has 0 bridgehead atoms. The average molecular weight is 361 g/mol. The van der Waals surface area contributed by atoms with E-state index in [0.29, 0.717) is 22.2 Å². The Morgan fingerprint density at radius 2 is 1.91 bits per heavy atom. The third-order valence-electron chi connectivity index (χ3n) is 2.82. The first-order chi connectivity index (χ1) is 10.8. The van der Waals surface area contributed by atoms with E-state index in [-0.39, 0.29) is 12.3 Å². The lowest BCUT2D eigenvalue weighted by molar-refractivity contribution is -0.148. The highest BCUT2D eigenvalue weighted by molar-refractivity contribution is 6.42. The van der Waals surface area contributed by atoms with Crippen LogP contribution in [-0.2, 0) is 25.5 Å². The fraction of sp³-hybridized carbons (Fsp3) is 0.400. The molecule has 0 radical (unpaired) electrons. The van der Waals surface area contributed by atoms with Crippen LogP contribution in [0.1, 0.15) is 19.4 Å². The molecule has 1 aromatic carbocycles. The third kappa shape index (κ3) is 6.88. The molecule has 23 heavy (non-hydrogen) atoms. The van der Waals surface area contributed by atoms with Gasteiger partial charge in [0.05, 0.1) is 16.5 Å². The molecule has 1 rings (SSSR count). The Labute approximate surface area is 144 Å². The number of likely N-dealkylation sites (N-methyl/N-ethyl adjacent to an activating group) is 1. The van der Waals surface area contributed by atoms with E-state index in [4.69, 9.17) is 27.9 Å². The maximum absolute atomic E-state index is 11.7. The second kappa shape index (κ2) is 9.37. The normalized spacial score (nSPS) is 11.5. The summed E-state index contributed by atoms with van der Waals surface area (Å²) in [5, 5.41) is 5.74. The van der Waals surface area contributed by atoms with Gasteiger partial charge in [-0.2, -0.15) is 0 Å². The highest BCUT2D eigenvalue weighted by atomic mass is 35.5. The van der Waals surface area contributed by atoms with Crippen molar-refractivity contribution in [1.29, 1.82) is 0 Å². The van der Waals surface area contributed by atoms with E-state index < -0.39 is 24.5 Å². The Balaban J connectivity index is 2.39. The van der Waals surface area contributed by atoms with Crippen LogP contribution in [0.25, 0.3) is 0 Å². The number of amides is 2. The van der Waals surface area contributed by atoms with Crippen LogP contribution in [0.4, 0.5) is 0 Å². The SMILES string of the molecule is CCNC(=O)[C@H](C)NC(=O)COC(=O)Cc1ccc(Cl)c(Cl)c1. The minimum atomic E-state index is -0.698. The van der Waals surface area contributed by atoms with Crippen molar-refractivity contribution >= 4 is 41.0 Å². The zero-order chi connectivity index (χ0) is 17.4. The number of carbonyl (C=O) groups excluding carboxylic acids is 3. The molecule has 0 aliphatic heterocycles. The first-order valence-electron chi connectivity index (χ1n) is 7.00. The van der Waals surface area contributed by atoms with Crippen LogP contribution in [-0.4, -0.2) is 37.0 Å². The van der Waals surface area contributed by atoms with Gasteiger partial charge in [-0.05, 0) is 31.5 Å². The fourth-order valence-electron chi connectivity index (χ4n) is 1.69. The van der Waals surface area contributed by atoms with Gasteiger partial charge in [0.15, 0.2) is 6.61 Å². The molecule has 0 saturated heterocycles. The van der Waals surface area contributed by atoms with Crippen molar-refractivity contribution in [2.45, 2.75) is 26.3 Å². The van der Waals surface area contributed by atoms with E-state index in [2.05, 4.69) is 10.6 Å². The molecule has 2 amide bonds. The van der Waals surface area contributed by atoms with Gasteiger partial charge in [-0.3, -0.25) is 14.4 Å². The van der Waals surface area contributed by atoms with Gasteiger partial charge in [-0.15, -0.1) is 0 Å². The number of carbonyl (C=O) groups is 3. The Hall–Kier alpha value is -1.79. The third-order valence-corrected chi connectivity index (χ3v) is 3.56. The minimum Gasteiger partial charge on any atom is -0.455 e. The summed E-state index contributed by atoms with van der Waals surface area (Å²) in [6, 6.07) is 4.08. The largest absolute Gasteiger partial charge is 0.455 e. The predicted molar refractivity (Wildman–Crippen MR) is 87.4 cm³/mol. The molecular formula is C15H18Cl2N2O4. The summed E-state index contributed by atoms with van der Waals surface area (Å²) in [4.78, 5) is 34.7. The maximum atomic E-state index is 11.7. The van der Waals surface area contributed by atoms with Gasteiger partial charge in [0, 0.05) is 6.54 Å². The number of nitrogens with one attached hydrogen (secondary N) is 2. The van der Waals surface area contributed by atoms with Crippen molar-refractivity contribution in [3.8, 4) is 0 Å². The van der Waals surface area contributed by atoms with Crippen molar-refractivity contribution in [2.75, 3.05) is 13.2 Å². The summed E-state index contributed by atoms with van der Waals surface area (Å²) in [5.41, 5.74) is 0.625. The van der Waals surface area contributed by atoms with Gasteiger partial charge in [0.1, 0.15) is 6.04 Å². The highest BCUT2D eigenvalue weighted by Gasteiger charge is 2.16. The van der Waals surface area contributed by atoms with E-state index in [1.165, 1.54) is 0 Å². The molecular weight excluding hydrogens is 343 g/mol. The second-order valence-electron chi connectivity index (χ2n) is 4.77. The quantitative estimate of drug-likeness (QED) is 0.725. The molecule has 0 heterocycles. The van der Waals surface area contributed by atoms with Gasteiger partial charge in [-0.1, -0.05) is 29.3 Å². The molecule has 0 aliphatic carbocycles. The van der Waals surface area contributed by atoms with Crippen molar-refractivity contribution in [3.05, 3.63) is 33.8 Å². The van der Waals surface area contributed by atoms with Crippen LogP contribution >= 0.6 is 23.2 Å².